The molecule has 1 aromatic heterocycles. The third-order valence-electron chi connectivity index (χ3n) is 6.52. The number of amides is 1. The van der Waals surface area contributed by atoms with E-state index in [1.54, 1.807) is 12.1 Å². The number of hydrogen-bond donors (Lipinski definition) is 2. The van der Waals surface area contributed by atoms with Crippen LogP contribution in [0.4, 0.5) is 5.13 Å². The second-order valence-electron chi connectivity index (χ2n) is 9.15. The van der Waals surface area contributed by atoms with Crippen molar-refractivity contribution in [2.24, 2.45) is 0 Å². The number of thioether (sulfide) groups is 1. The van der Waals surface area contributed by atoms with E-state index in [0.29, 0.717) is 26.2 Å². The summed E-state index contributed by atoms with van der Waals surface area (Å²) in [4.78, 5) is 28.3. The van der Waals surface area contributed by atoms with Crippen LogP contribution in [0.2, 0.25) is 5.02 Å². The highest BCUT2D eigenvalue weighted by Gasteiger charge is 2.48. The Balaban J connectivity index is 1.60. The van der Waals surface area contributed by atoms with Gasteiger partial charge >= 0.3 is 5.91 Å². The number of carbonyl (C=O) groups excluding carboxylic acids is 2. The molecular formula is C29H24ClN3O5S2. The Kier molecular flexibility index (Phi) is 7.84. The number of benzene rings is 3. The number of aliphatic hydroxyl groups excluding tert-OH is 1. The van der Waals surface area contributed by atoms with Gasteiger partial charge in [0.1, 0.15) is 5.76 Å². The number of aromatic hydroxyl groups is 1. The summed E-state index contributed by atoms with van der Waals surface area (Å²) in [6, 6.07) is 16.5. The molecule has 1 saturated heterocycles. The van der Waals surface area contributed by atoms with E-state index >= 15 is 0 Å². The van der Waals surface area contributed by atoms with Crippen LogP contribution in [0.1, 0.15) is 33.9 Å². The van der Waals surface area contributed by atoms with Crippen LogP contribution in [0.25, 0.3) is 5.76 Å². The molecule has 1 aliphatic rings. The molecule has 0 spiro atoms. The second kappa shape index (κ2) is 11.3. The van der Waals surface area contributed by atoms with Crippen LogP contribution in [-0.2, 0) is 15.3 Å². The Morgan fingerprint density at radius 3 is 2.62 bits per heavy atom. The molecule has 1 amide bonds. The van der Waals surface area contributed by atoms with E-state index < -0.39 is 17.7 Å². The number of rotatable bonds is 7. The van der Waals surface area contributed by atoms with Gasteiger partial charge in [0.05, 0.1) is 18.7 Å². The summed E-state index contributed by atoms with van der Waals surface area (Å²) >= 11 is 8.84. The van der Waals surface area contributed by atoms with Crippen LogP contribution in [0.15, 0.2) is 70.6 Å². The second-order valence-corrected chi connectivity index (χ2v) is 11.7. The van der Waals surface area contributed by atoms with Crippen molar-refractivity contribution in [1.82, 2.24) is 10.2 Å². The lowest BCUT2D eigenvalue weighted by Gasteiger charge is -2.23. The van der Waals surface area contributed by atoms with Gasteiger partial charge in [0.25, 0.3) is 5.78 Å². The summed E-state index contributed by atoms with van der Waals surface area (Å²) in [6.45, 7) is 3.69. The fourth-order valence-electron chi connectivity index (χ4n) is 4.46. The highest BCUT2D eigenvalue weighted by molar-refractivity contribution is 8.00. The number of anilines is 1. The zero-order valence-corrected chi connectivity index (χ0v) is 24.1. The largest absolute Gasteiger partial charge is 0.507 e. The summed E-state index contributed by atoms with van der Waals surface area (Å²) in [5.74, 6) is -1.40. The maximum atomic E-state index is 13.5. The van der Waals surface area contributed by atoms with Crippen LogP contribution >= 0.6 is 34.7 Å². The van der Waals surface area contributed by atoms with Gasteiger partial charge in [0.15, 0.2) is 15.8 Å². The number of methoxy groups -OCH3 is 1. The van der Waals surface area contributed by atoms with Gasteiger partial charge in [0, 0.05) is 16.3 Å². The number of ether oxygens (including phenoxy) is 1. The minimum atomic E-state index is -1.04. The first-order chi connectivity index (χ1) is 19.2. The van der Waals surface area contributed by atoms with Gasteiger partial charge in [-0.15, -0.1) is 10.2 Å². The van der Waals surface area contributed by atoms with Gasteiger partial charge < -0.3 is 14.9 Å². The lowest BCUT2D eigenvalue weighted by molar-refractivity contribution is -0.132. The molecule has 204 valence electrons. The van der Waals surface area contributed by atoms with Crippen molar-refractivity contribution in [3.63, 3.8) is 0 Å². The molecule has 1 unspecified atom stereocenters. The van der Waals surface area contributed by atoms with Gasteiger partial charge in [-0.05, 0) is 54.8 Å². The Labute approximate surface area is 243 Å². The number of aliphatic hydroxyl groups is 1. The maximum absolute atomic E-state index is 13.5. The molecule has 3 aromatic carbocycles. The third-order valence-corrected chi connectivity index (χ3v) is 9.00. The molecule has 2 N–H and O–H groups in total. The van der Waals surface area contributed by atoms with Gasteiger partial charge in [-0.2, -0.15) is 0 Å². The predicted molar refractivity (Wildman–Crippen MR) is 156 cm³/mol. The van der Waals surface area contributed by atoms with Crippen molar-refractivity contribution in [3.05, 3.63) is 99.1 Å². The van der Waals surface area contributed by atoms with Gasteiger partial charge in [0.2, 0.25) is 5.13 Å². The molecule has 5 rings (SSSR count). The summed E-state index contributed by atoms with van der Waals surface area (Å²) in [5, 5.41) is 31.0. The molecule has 1 aliphatic heterocycles. The maximum Gasteiger partial charge on any atom is 0.301 e. The quantitative estimate of drug-likeness (QED) is 0.0827. The lowest BCUT2D eigenvalue weighted by atomic mass is 9.93. The molecule has 11 heteroatoms. The van der Waals surface area contributed by atoms with Crippen LogP contribution in [0.3, 0.4) is 0 Å². The first kappa shape index (κ1) is 27.7. The Bertz CT molecular complexity index is 1670. The zero-order chi connectivity index (χ0) is 28.6. The highest BCUT2D eigenvalue weighted by Crippen LogP contribution is 2.45. The molecule has 0 saturated carbocycles. The molecule has 1 atom stereocenters. The number of aromatic nitrogens is 2. The van der Waals surface area contributed by atoms with Crippen LogP contribution in [0, 0.1) is 13.8 Å². The molecule has 0 radical (unpaired) electrons. The number of phenols is 1. The molecule has 0 bridgehead atoms. The Hall–Kier alpha value is -3.86. The number of halogens is 1. The average Bonchev–Trinajstić information content (AvgIpc) is 3.51. The van der Waals surface area contributed by atoms with Crippen molar-refractivity contribution >= 4 is 57.3 Å². The normalized spacial score (nSPS) is 16.5. The number of phenolic OH excluding ortho intramolecular Hbond substituents is 1. The molecule has 8 nitrogen and oxygen atoms in total. The number of carbonyl (C=O) groups is 2. The first-order valence-corrected chi connectivity index (χ1v) is 14.3. The number of nitrogens with zero attached hydrogens (tertiary/aromatic N) is 3. The lowest BCUT2D eigenvalue weighted by Crippen LogP contribution is -2.29. The summed E-state index contributed by atoms with van der Waals surface area (Å²) in [6.07, 6.45) is 0. The fourth-order valence-corrected chi connectivity index (χ4v) is 6.61. The molecular weight excluding hydrogens is 570 g/mol. The van der Waals surface area contributed by atoms with Gasteiger partial charge in [-0.1, -0.05) is 76.7 Å². The fraction of sp³-hybridized carbons (Fsp3) is 0.172. The van der Waals surface area contributed by atoms with Crippen LogP contribution < -0.4 is 9.64 Å². The summed E-state index contributed by atoms with van der Waals surface area (Å²) in [7, 11) is 1.40. The Morgan fingerprint density at radius 2 is 1.88 bits per heavy atom. The summed E-state index contributed by atoms with van der Waals surface area (Å²) in [5.41, 5.74) is 3.35. The average molecular weight is 594 g/mol. The molecule has 40 heavy (non-hydrogen) atoms. The SMILES string of the molecule is COc1cc(C2C(=C(O)c3cc(C)ccc3C)C(=O)C(=O)N2c2nnc(SCc3ccccc3Cl)s2)ccc1O. The monoisotopic (exact) mass is 593 g/mol. The van der Waals surface area contributed by atoms with E-state index in [-0.39, 0.29) is 28.0 Å². The van der Waals surface area contributed by atoms with Crippen molar-refractivity contribution < 1.29 is 24.5 Å². The first-order valence-electron chi connectivity index (χ1n) is 12.1. The zero-order valence-electron chi connectivity index (χ0n) is 21.7. The van der Waals surface area contributed by atoms with Gasteiger partial charge in [-0.3, -0.25) is 14.5 Å². The van der Waals surface area contributed by atoms with E-state index in [9.17, 15) is 19.8 Å². The molecule has 1 fully saturated rings. The van der Waals surface area contributed by atoms with Crippen molar-refractivity contribution in [1.29, 1.82) is 0 Å². The van der Waals surface area contributed by atoms with E-state index in [1.165, 1.54) is 35.9 Å². The van der Waals surface area contributed by atoms with E-state index in [1.807, 2.05) is 50.2 Å². The van der Waals surface area contributed by atoms with E-state index in [4.69, 9.17) is 16.3 Å². The van der Waals surface area contributed by atoms with Crippen LogP contribution in [-0.4, -0.2) is 39.2 Å². The van der Waals surface area contributed by atoms with E-state index in [2.05, 4.69) is 10.2 Å². The van der Waals surface area contributed by atoms with Crippen molar-refractivity contribution in [2.75, 3.05) is 12.0 Å². The third kappa shape index (κ3) is 5.17. The molecule has 2 heterocycles. The number of hydrogen-bond acceptors (Lipinski definition) is 9. The minimum absolute atomic E-state index is 0.0908. The van der Waals surface area contributed by atoms with Crippen molar-refractivity contribution in [3.8, 4) is 11.5 Å². The molecule has 4 aromatic rings. The number of ketones is 1. The Morgan fingerprint density at radius 1 is 1.10 bits per heavy atom. The van der Waals surface area contributed by atoms with Gasteiger partial charge in [-0.25, -0.2) is 0 Å². The minimum Gasteiger partial charge on any atom is -0.507 e. The van der Waals surface area contributed by atoms with Crippen molar-refractivity contribution in [2.45, 2.75) is 30.0 Å². The van der Waals surface area contributed by atoms with Crippen LogP contribution in [0.5, 0.6) is 11.5 Å². The predicted octanol–water partition coefficient (Wildman–Crippen LogP) is 6.44. The number of aryl methyl sites for hydroxylation is 2. The molecule has 0 aliphatic carbocycles. The standard InChI is InChI=1S/C29H24ClN3O5S2/c1-15-8-9-16(2)19(12-15)25(35)23-24(17-10-11-21(34)22(13-17)38-3)33(27(37)26(23)36)28-31-32-29(40-28)39-14-18-6-4-5-7-20(18)30/h4-13,24,34-35H,14H2,1-3H3. The highest BCUT2D eigenvalue weighted by atomic mass is 35.5. The topological polar surface area (TPSA) is 113 Å². The summed E-state index contributed by atoms with van der Waals surface area (Å²) < 4.78 is 5.86. The smallest absolute Gasteiger partial charge is 0.301 e. The van der Waals surface area contributed by atoms with E-state index in [0.717, 1.165) is 28.0 Å². The number of Topliss-reactive ketones (excluding diaryl/α,β-unsaturated/α-hetero) is 1.